The van der Waals surface area contributed by atoms with Crippen LogP contribution in [0, 0.1) is 0 Å². The molecule has 0 bridgehead atoms. The summed E-state index contributed by atoms with van der Waals surface area (Å²) in [7, 11) is 2.29. The lowest BCUT2D eigenvalue weighted by molar-refractivity contribution is 0.103. The van der Waals surface area contributed by atoms with Crippen molar-refractivity contribution in [2.75, 3.05) is 21.3 Å². The molecule has 0 amide bonds. The molecule has 0 radical (unpaired) electrons. The fourth-order valence-electron chi connectivity index (χ4n) is 1.75. The minimum atomic E-state index is -2.63. The van der Waals surface area contributed by atoms with Gasteiger partial charge < -0.3 is 13.3 Å². The molecule has 0 spiro atoms. The third-order valence-corrected chi connectivity index (χ3v) is 6.76. The van der Waals surface area contributed by atoms with Crippen molar-refractivity contribution in [1.82, 2.24) is 0 Å². The van der Waals surface area contributed by atoms with Crippen LogP contribution in [0.1, 0.15) is 40.5 Å². The Morgan fingerprint density at radius 3 is 2.00 bits per heavy atom. The molecule has 0 aliphatic rings. The van der Waals surface area contributed by atoms with E-state index in [1.54, 1.807) is 21.3 Å². The van der Waals surface area contributed by atoms with Gasteiger partial charge in [-0.25, -0.2) is 0 Å². The molecule has 0 aliphatic heterocycles. The summed E-state index contributed by atoms with van der Waals surface area (Å²) in [5.74, 6) is 0. The molecule has 0 aromatic rings. The van der Waals surface area contributed by atoms with Crippen molar-refractivity contribution in [2.24, 2.45) is 4.99 Å². The van der Waals surface area contributed by atoms with E-state index in [-0.39, 0.29) is 11.1 Å². The molecular formula is C12H27NO3Si. The van der Waals surface area contributed by atoms with Gasteiger partial charge in [-0.05, 0) is 26.5 Å². The van der Waals surface area contributed by atoms with Gasteiger partial charge in [-0.2, -0.15) is 0 Å². The van der Waals surface area contributed by atoms with Crippen LogP contribution in [0.2, 0.25) is 5.54 Å². The lowest BCUT2D eigenvalue weighted by atomic mass is 10.0. The molecule has 5 heteroatoms. The van der Waals surface area contributed by atoms with Crippen LogP contribution in [0.25, 0.3) is 0 Å². The van der Waals surface area contributed by atoms with E-state index < -0.39 is 8.80 Å². The van der Waals surface area contributed by atoms with Gasteiger partial charge in [0.25, 0.3) is 0 Å². The first kappa shape index (κ1) is 16.8. The molecule has 0 aromatic carbocycles. The topological polar surface area (TPSA) is 40.0 Å². The summed E-state index contributed by atoms with van der Waals surface area (Å²) < 4.78 is 16.5. The average molecular weight is 261 g/mol. The highest BCUT2D eigenvalue weighted by molar-refractivity contribution is 6.62. The Hall–Kier alpha value is -0.233. The van der Waals surface area contributed by atoms with Gasteiger partial charge in [0.2, 0.25) is 0 Å². The van der Waals surface area contributed by atoms with Gasteiger partial charge >= 0.3 is 8.80 Å². The van der Waals surface area contributed by atoms with E-state index in [4.69, 9.17) is 13.3 Å². The van der Waals surface area contributed by atoms with Crippen LogP contribution in [0.5, 0.6) is 0 Å². The molecule has 102 valence electrons. The van der Waals surface area contributed by atoms with Crippen molar-refractivity contribution in [3.05, 3.63) is 0 Å². The standard InChI is InChI=1S/C12H27NO3Si/c1-8-9-10-13-12(3,4)11(2)17(14-5,15-6)16-7/h10-11H,8-9H2,1-7H3. The van der Waals surface area contributed by atoms with Gasteiger partial charge in [0.1, 0.15) is 0 Å². The second-order valence-corrected chi connectivity index (χ2v) is 7.99. The SMILES string of the molecule is CCCC=NC(C)(C)C(C)[Si](OC)(OC)OC. The number of rotatable bonds is 8. The Kier molecular flexibility index (Phi) is 7.16. The van der Waals surface area contributed by atoms with Crippen LogP contribution in [-0.2, 0) is 13.3 Å². The van der Waals surface area contributed by atoms with Crippen molar-refractivity contribution in [3.8, 4) is 0 Å². The maximum atomic E-state index is 5.51. The quantitative estimate of drug-likeness (QED) is 0.498. The number of hydrogen-bond donors (Lipinski definition) is 0. The number of hydrogen-bond acceptors (Lipinski definition) is 4. The normalized spacial score (nSPS) is 15.5. The zero-order valence-electron chi connectivity index (χ0n) is 12.2. The van der Waals surface area contributed by atoms with E-state index >= 15 is 0 Å². The molecule has 0 heterocycles. The summed E-state index contributed by atoms with van der Waals surface area (Å²) in [4.78, 5) is 4.63. The Morgan fingerprint density at radius 1 is 1.18 bits per heavy atom. The minimum Gasteiger partial charge on any atom is -0.377 e. The molecule has 1 unspecified atom stereocenters. The largest absolute Gasteiger partial charge is 0.505 e. The van der Waals surface area contributed by atoms with Crippen molar-refractivity contribution < 1.29 is 13.3 Å². The van der Waals surface area contributed by atoms with Crippen LogP contribution >= 0.6 is 0 Å². The molecule has 0 aliphatic carbocycles. The predicted octanol–water partition coefficient (Wildman–Crippen LogP) is 2.90. The fraction of sp³-hybridized carbons (Fsp3) is 0.917. The van der Waals surface area contributed by atoms with Crippen molar-refractivity contribution in [2.45, 2.75) is 51.6 Å². The Labute approximate surface area is 107 Å². The van der Waals surface area contributed by atoms with Gasteiger partial charge in [0.15, 0.2) is 0 Å². The first-order chi connectivity index (χ1) is 7.90. The Balaban J connectivity index is 4.91. The van der Waals surface area contributed by atoms with Crippen molar-refractivity contribution in [1.29, 1.82) is 0 Å². The fourth-order valence-corrected chi connectivity index (χ4v) is 4.25. The van der Waals surface area contributed by atoms with Gasteiger partial charge in [-0.3, -0.25) is 4.99 Å². The van der Waals surface area contributed by atoms with Gasteiger partial charge in [-0.1, -0.05) is 20.3 Å². The van der Waals surface area contributed by atoms with Crippen molar-refractivity contribution in [3.63, 3.8) is 0 Å². The second-order valence-electron chi connectivity index (χ2n) is 4.69. The van der Waals surface area contributed by atoms with Gasteiger partial charge in [0.05, 0.1) is 11.1 Å². The van der Waals surface area contributed by atoms with E-state index in [9.17, 15) is 0 Å². The van der Waals surface area contributed by atoms with Crippen molar-refractivity contribution >= 4 is 15.0 Å². The summed E-state index contributed by atoms with van der Waals surface area (Å²) in [6, 6.07) is 0. The first-order valence-corrected chi connectivity index (χ1v) is 7.89. The first-order valence-electron chi connectivity index (χ1n) is 6.09. The summed E-state index contributed by atoms with van der Waals surface area (Å²) >= 11 is 0. The van der Waals surface area contributed by atoms with Gasteiger partial charge in [-0.15, -0.1) is 0 Å². The minimum absolute atomic E-state index is 0.100. The predicted molar refractivity (Wildman–Crippen MR) is 73.7 cm³/mol. The number of nitrogens with zero attached hydrogens (tertiary/aromatic N) is 1. The van der Waals surface area contributed by atoms with E-state index in [1.165, 1.54) is 0 Å². The number of aliphatic imine (C=N–C) groups is 1. The average Bonchev–Trinajstić information content (AvgIpc) is 2.32. The summed E-state index contributed by atoms with van der Waals surface area (Å²) in [5.41, 5.74) is -0.147. The maximum Gasteiger partial charge on any atom is 0.505 e. The molecule has 4 nitrogen and oxygen atoms in total. The Bertz CT molecular complexity index is 232. The summed E-state index contributed by atoms with van der Waals surface area (Å²) in [6.45, 7) is 8.39. The van der Waals surface area contributed by atoms with Crippen LogP contribution < -0.4 is 0 Å². The van der Waals surface area contributed by atoms with Crippen LogP contribution in [0.15, 0.2) is 4.99 Å². The lowest BCUT2D eigenvalue weighted by Gasteiger charge is -2.37. The third-order valence-electron chi connectivity index (χ3n) is 3.29. The van der Waals surface area contributed by atoms with E-state index in [0.717, 1.165) is 12.8 Å². The molecule has 0 N–H and O–H groups in total. The summed E-state index contributed by atoms with van der Waals surface area (Å²) in [5, 5.41) is 0. The number of unbranched alkanes of at least 4 members (excludes halogenated alkanes) is 1. The third kappa shape index (κ3) is 4.17. The second kappa shape index (κ2) is 7.26. The maximum absolute atomic E-state index is 5.51. The molecule has 0 aromatic heterocycles. The molecule has 0 rings (SSSR count). The van der Waals surface area contributed by atoms with E-state index in [1.807, 2.05) is 6.21 Å². The van der Waals surface area contributed by atoms with E-state index in [2.05, 4.69) is 32.7 Å². The Morgan fingerprint density at radius 2 is 1.65 bits per heavy atom. The molecule has 0 saturated heterocycles. The lowest BCUT2D eigenvalue weighted by Crippen LogP contribution is -2.52. The molecule has 0 fully saturated rings. The summed E-state index contributed by atoms with van der Waals surface area (Å²) in [6.07, 6.45) is 4.09. The highest BCUT2D eigenvalue weighted by atomic mass is 28.4. The highest BCUT2D eigenvalue weighted by Gasteiger charge is 2.51. The zero-order chi connectivity index (χ0) is 13.5. The van der Waals surface area contributed by atoms with Crippen LogP contribution in [0.3, 0.4) is 0 Å². The monoisotopic (exact) mass is 261 g/mol. The van der Waals surface area contributed by atoms with Gasteiger partial charge in [0, 0.05) is 21.3 Å². The molecule has 0 saturated carbocycles. The highest BCUT2D eigenvalue weighted by Crippen LogP contribution is 2.36. The van der Waals surface area contributed by atoms with E-state index in [0.29, 0.717) is 0 Å². The zero-order valence-corrected chi connectivity index (χ0v) is 13.2. The van der Waals surface area contributed by atoms with Crippen LogP contribution in [0.4, 0.5) is 0 Å². The van der Waals surface area contributed by atoms with Crippen LogP contribution in [-0.4, -0.2) is 41.9 Å². The smallest absolute Gasteiger partial charge is 0.377 e. The molecular weight excluding hydrogens is 234 g/mol. The molecule has 1 atom stereocenters. The molecule has 17 heavy (non-hydrogen) atoms.